The maximum absolute atomic E-state index is 4.92. The molecule has 1 saturated heterocycles. The second-order valence-electron chi connectivity index (χ2n) is 6.82. The van der Waals surface area contributed by atoms with E-state index in [9.17, 15) is 0 Å². The summed E-state index contributed by atoms with van der Waals surface area (Å²) in [5.74, 6) is 1.06. The van der Waals surface area contributed by atoms with Crippen molar-refractivity contribution in [2.45, 2.75) is 25.8 Å². The lowest BCUT2D eigenvalue weighted by Crippen LogP contribution is -2.32. The van der Waals surface area contributed by atoms with E-state index < -0.39 is 0 Å². The van der Waals surface area contributed by atoms with Crippen LogP contribution in [0.3, 0.4) is 0 Å². The van der Waals surface area contributed by atoms with E-state index in [0.717, 1.165) is 24.4 Å². The average molecular weight is 350 g/mol. The number of hydrogen-bond donors (Lipinski definition) is 0. The Morgan fingerprint density at radius 2 is 1.84 bits per heavy atom. The van der Waals surface area contributed by atoms with Gasteiger partial charge in [0.25, 0.3) is 0 Å². The average Bonchev–Trinajstić information content (AvgIpc) is 3.36. The lowest BCUT2D eigenvalue weighted by molar-refractivity contribution is 0.222. The van der Waals surface area contributed by atoms with E-state index in [4.69, 9.17) is 4.98 Å². The summed E-state index contributed by atoms with van der Waals surface area (Å²) in [5, 5.41) is 2.15. The molecule has 0 saturated carbocycles. The summed E-state index contributed by atoms with van der Waals surface area (Å²) in [6.45, 7) is 4.57. The van der Waals surface area contributed by atoms with Crippen LogP contribution < -0.4 is 0 Å². The maximum Gasteiger partial charge on any atom is 0.215 e. The third kappa shape index (κ3) is 2.68. The molecule has 0 spiro atoms. The van der Waals surface area contributed by atoms with Gasteiger partial charge in [-0.05, 0) is 49.5 Å². The molecule has 0 N–H and O–H groups in total. The van der Waals surface area contributed by atoms with Crippen molar-refractivity contribution >= 4 is 28.1 Å². The van der Waals surface area contributed by atoms with Crippen LogP contribution in [-0.4, -0.2) is 38.5 Å². The molecule has 25 heavy (non-hydrogen) atoms. The number of benzene rings is 1. The smallest absolute Gasteiger partial charge is 0.215 e. The van der Waals surface area contributed by atoms with Gasteiger partial charge in [-0.25, -0.2) is 4.98 Å². The lowest BCUT2D eigenvalue weighted by Gasteiger charge is -2.26. The van der Waals surface area contributed by atoms with Crippen molar-refractivity contribution in [3.63, 3.8) is 0 Å². The van der Waals surface area contributed by atoms with Crippen molar-refractivity contribution in [2.24, 2.45) is 0 Å². The molecule has 128 valence electrons. The Hall–Kier alpha value is -2.11. The molecule has 4 aromatic rings. The minimum Gasteiger partial charge on any atom is -0.308 e. The highest BCUT2D eigenvalue weighted by atomic mass is 32.1. The summed E-state index contributed by atoms with van der Waals surface area (Å²) in [6.07, 6.45) is 6.32. The maximum atomic E-state index is 4.92. The van der Waals surface area contributed by atoms with Gasteiger partial charge in [-0.1, -0.05) is 24.6 Å². The highest BCUT2D eigenvalue weighted by molar-refractivity contribution is 7.13. The van der Waals surface area contributed by atoms with Crippen molar-refractivity contribution in [1.29, 1.82) is 0 Å². The van der Waals surface area contributed by atoms with Crippen LogP contribution in [-0.2, 0) is 6.54 Å². The third-order valence-electron chi connectivity index (χ3n) is 5.22. The van der Waals surface area contributed by atoms with Gasteiger partial charge < -0.3 is 9.47 Å². The molecular weight excluding hydrogens is 328 g/mol. The number of fused-ring (bicyclic) bond motifs is 3. The van der Waals surface area contributed by atoms with Crippen LogP contribution >= 0.6 is 11.3 Å². The lowest BCUT2D eigenvalue weighted by atomic mass is 10.1. The first-order chi connectivity index (χ1) is 12.4. The fourth-order valence-corrected chi connectivity index (χ4v) is 4.66. The summed E-state index contributed by atoms with van der Waals surface area (Å²) >= 11 is 1.80. The van der Waals surface area contributed by atoms with E-state index in [1.807, 2.05) is 0 Å². The predicted octanol–water partition coefficient (Wildman–Crippen LogP) is 4.50. The Morgan fingerprint density at radius 3 is 2.68 bits per heavy atom. The van der Waals surface area contributed by atoms with Crippen molar-refractivity contribution in [1.82, 2.24) is 18.9 Å². The van der Waals surface area contributed by atoms with E-state index in [0.29, 0.717) is 0 Å². The standard InChI is InChI=1S/C20H22N4S/c1-4-10-22(11-5-1)12-13-23-18(19-9-6-14-25-19)15-24-17-8-3-2-7-16(17)21-20(23)24/h2-3,6-9,14-15H,1,4-5,10-13H2. The van der Waals surface area contributed by atoms with Gasteiger partial charge in [0.2, 0.25) is 5.78 Å². The number of hydrogen-bond acceptors (Lipinski definition) is 3. The number of imidazole rings is 2. The van der Waals surface area contributed by atoms with Gasteiger partial charge >= 0.3 is 0 Å². The van der Waals surface area contributed by atoms with Gasteiger partial charge in [-0.3, -0.25) is 4.40 Å². The zero-order chi connectivity index (χ0) is 16.6. The topological polar surface area (TPSA) is 25.5 Å². The molecule has 0 aliphatic carbocycles. The monoisotopic (exact) mass is 350 g/mol. The minimum atomic E-state index is 0.993. The van der Waals surface area contributed by atoms with Crippen LogP contribution in [0.1, 0.15) is 19.3 Å². The van der Waals surface area contributed by atoms with Gasteiger partial charge in [0.15, 0.2) is 0 Å². The highest BCUT2D eigenvalue weighted by Gasteiger charge is 2.17. The summed E-state index contributed by atoms with van der Waals surface area (Å²) in [4.78, 5) is 8.83. The molecule has 5 rings (SSSR count). The number of likely N-dealkylation sites (tertiary alicyclic amines) is 1. The van der Waals surface area contributed by atoms with Crippen molar-refractivity contribution in [3.05, 3.63) is 48.0 Å². The molecule has 0 atom stereocenters. The molecule has 1 aliphatic heterocycles. The summed E-state index contributed by atoms with van der Waals surface area (Å²) in [5.41, 5.74) is 3.54. The van der Waals surface area contributed by atoms with Crippen LogP contribution in [0.2, 0.25) is 0 Å². The molecule has 4 heterocycles. The van der Waals surface area contributed by atoms with Gasteiger partial charge in [-0.15, -0.1) is 11.3 Å². The van der Waals surface area contributed by atoms with Gasteiger partial charge in [-0.2, -0.15) is 0 Å². The fourth-order valence-electron chi connectivity index (χ4n) is 3.91. The van der Waals surface area contributed by atoms with E-state index in [1.54, 1.807) is 11.3 Å². The largest absolute Gasteiger partial charge is 0.308 e. The van der Waals surface area contributed by atoms with Crippen molar-refractivity contribution < 1.29 is 0 Å². The van der Waals surface area contributed by atoms with Crippen LogP contribution in [0.5, 0.6) is 0 Å². The fraction of sp³-hybridized carbons (Fsp3) is 0.350. The molecule has 0 amide bonds. The van der Waals surface area contributed by atoms with Gasteiger partial charge in [0.1, 0.15) is 0 Å². The molecule has 1 fully saturated rings. The summed E-state index contributed by atoms with van der Waals surface area (Å²) < 4.78 is 4.65. The number of nitrogens with zero attached hydrogens (tertiary/aromatic N) is 4. The number of thiophene rings is 1. The third-order valence-corrected chi connectivity index (χ3v) is 6.12. The van der Waals surface area contributed by atoms with Crippen molar-refractivity contribution in [3.8, 4) is 10.6 Å². The van der Waals surface area contributed by atoms with Crippen LogP contribution in [0, 0.1) is 0 Å². The molecule has 5 heteroatoms. The zero-order valence-corrected chi connectivity index (χ0v) is 15.1. The predicted molar refractivity (Wildman–Crippen MR) is 104 cm³/mol. The van der Waals surface area contributed by atoms with Gasteiger partial charge in [0, 0.05) is 19.3 Å². The van der Waals surface area contributed by atoms with Crippen LogP contribution in [0.15, 0.2) is 48.0 Å². The SMILES string of the molecule is c1csc(-c2cn3c4ccccc4nc3n2CCN2CCCCC2)c1. The van der Waals surface area contributed by atoms with E-state index in [-0.39, 0.29) is 0 Å². The second kappa shape index (κ2) is 6.32. The normalized spacial score (nSPS) is 16.2. The van der Waals surface area contributed by atoms with E-state index >= 15 is 0 Å². The summed E-state index contributed by atoms with van der Waals surface area (Å²) in [7, 11) is 0. The van der Waals surface area contributed by atoms with Gasteiger partial charge in [0.05, 0.1) is 21.6 Å². The Kier molecular flexibility index (Phi) is 3.83. The number of para-hydroxylation sites is 2. The quantitative estimate of drug-likeness (QED) is 0.541. The van der Waals surface area contributed by atoms with Crippen molar-refractivity contribution in [2.75, 3.05) is 19.6 Å². The second-order valence-corrected chi connectivity index (χ2v) is 7.76. The Bertz CT molecular complexity index is 990. The Labute approximate surface area is 151 Å². The Balaban J connectivity index is 1.58. The zero-order valence-electron chi connectivity index (χ0n) is 14.3. The molecule has 0 unspecified atom stereocenters. The molecule has 1 aromatic carbocycles. The summed E-state index contributed by atoms with van der Waals surface area (Å²) in [6, 6.07) is 12.7. The first kappa shape index (κ1) is 15.2. The first-order valence-corrected chi connectivity index (χ1v) is 10.0. The van der Waals surface area contributed by atoms with E-state index in [1.165, 1.54) is 48.4 Å². The van der Waals surface area contributed by atoms with Crippen LogP contribution in [0.25, 0.3) is 27.4 Å². The highest BCUT2D eigenvalue weighted by Crippen LogP contribution is 2.29. The van der Waals surface area contributed by atoms with Crippen LogP contribution in [0.4, 0.5) is 0 Å². The molecule has 4 nitrogen and oxygen atoms in total. The molecule has 1 aliphatic rings. The minimum absolute atomic E-state index is 0.993. The Morgan fingerprint density at radius 1 is 0.960 bits per heavy atom. The molecule has 3 aromatic heterocycles. The number of rotatable bonds is 4. The first-order valence-electron chi connectivity index (χ1n) is 9.13. The molecular formula is C20H22N4S. The van der Waals surface area contributed by atoms with E-state index in [2.05, 4.69) is 61.8 Å². The molecule has 0 bridgehead atoms. The number of aromatic nitrogens is 3. The molecule has 0 radical (unpaired) electrons. The number of piperidine rings is 1.